The number of hydrogen-bond acceptors (Lipinski definition) is 2. The molecule has 0 saturated carbocycles. The highest BCUT2D eigenvalue weighted by molar-refractivity contribution is 5.88. The zero-order valence-corrected chi connectivity index (χ0v) is 10.3. The van der Waals surface area contributed by atoms with Crippen LogP contribution in [-0.2, 0) is 0 Å². The highest BCUT2D eigenvalue weighted by Crippen LogP contribution is 2.24. The Morgan fingerprint density at radius 2 is 2.00 bits per heavy atom. The first-order chi connectivity index (χ1) is 7.36. The van der Waals surface area contributed by atoms with Gasteiger partial charge in [-0.3, -0.25) is 0 Å². The summed E-state index contributed by atoms with van der Waals surface area (Å²) in [5.41, 5.74) is 1.28. The van der Waals surface area contributed by atoms with Crippen LogP contribution in [0.1, 0.15) is 38.1 Å². The largest absolute Gasteiger partial charge is 0.478 e. The summed E-state index contributed by atoms with van der Waals surface area (Å²) in [6, 6.07) is 7.06. The Bertz CT molecular complexity index is 380. The highest BCUT2D eigenvalue weighted by Gasteiger charge is 2.20. The summed E-state index contributed by atoms with van der Waals surface area (Å²) in [4.78, 5) is 13.1. The van der Waals surface area contributed by atoms with Gasteiger partial charge >= 0.3 is 5.97 Å². The topological polar surface area (TPSA) is 40.5 Å². The van der Waals surface area contributed by atoms with Gasteiger partial charge in [0.1, 0.15) is 0 Å². The maximum absolute atomic E-state index is 10.9. The lowest BCUT2D eigenvalue weighted by atomic mass is 10.0. The number of carbonyl (C=O) groups is 1. The Kier molecular flexibility index (Phi) is 3.58. The second kappa shape index (κ2) is 4.56. The molecule has 1 rings (SSSR count). The molecule has 0 radical (unpaired) electrons. The summed E-state index contributed by atoms with van der Waals surface area (Å²) in [5.74, 6) is -0.883. The molecular weight excluding hydrogens is 202 g/mol. The fourth-order valence-electron chi connectivity index (χ4n) is 1.85. The molecule has 0 heterocycles. The summed E-state index contributed by atoms with van der Waals surface area (Å²) in [6.45, 7) is 9.27. The SMILES string of the molecule is CCN(c1cccc(C(=O)O)c1)C(C)(C)C. The van der Waals surface area contributed by atoms with Crippen molar-refractivity contribution in [3.8, 4) is 0 Å². The molecule has 0 aliphatic rings. The molecular formula is C13H19NO2. The van der Waals surface area contributed by atoms with E-state index in [1.807, 2.05) is 6.07 Å². The number of benzene rings is 1. The van der Waals surface area contributed by atoms with Crippen LogP contribution in [0.3, 0.4) is 0 Å². The number of carboxylic acids is 1. The van der Waals surface area contributed by atoms with Gasteiger partial charge in [0.2, 0.25) is 0 Å². The lowest BCUT2D eigenvalue weighted by Crippen LogP contribution is -2.41. The fraction of sp³-hybridized carbons (Fsp3) is 0.462. The van der Waals surface area contributed by atoms with Crippen LogP contribution < -0.4 is 4.90 Å². The zero-order valence-electron chi connectivity index (χ0n) is 10.3. The van der Waals surface area contributed by atoms with E-state index in [-0.39, 0.29) is 5.54 Å². The van der Waals surface area contributed by atoms with E-state index >= 15 is 0 Å². The van der Waals surface area contributed by atoms with Gasteiger partial charge in [-0.2, -0.15) is 0 Å². The molecule has 0 spiro atoms. The average Bonchev–Trinajstić information content (AvgIpc) is 2.17. The molecule has 0 unspecified atom stereocenters. The molecule has 0 fully saturated rings. The van der Waals surface area contributed by atoms with E-state index in [9.17, 15) is 4.79 Å². The van der Waals surface area contributed by atoms with E-state index in [1.165, 1.54) is 0 Å². The van der Waals surface area contributed by atoms with Crippen molar-refractivity contribution in [2.45, 2.75) is 33.2 Å². The predicted molar refractivity (Wildman–Crippen MR) is 66.2 cm³/mol. The molecule has 0 aliphatic heterocycles. The monoisotopic (exact) mass is 221 g/mol. The maximum Gasteiger partial charge on any atom is 0.335 e. The van der Waals surface area contributed by atoms with Gasteiger partial charge in [0.05, 0.1) is 5.56 Å². The third-order valence-electron chi connectivity index (χ3n) is 2.53. The summed E-state index contributed by atoms with van der Waals surface area (Å²) in [7, 11) is 0. The molecule has 1 aromatic carbocycles. The molecule has 0 bridgehead atoms. The Labute approximate surface area is 96.7 Å². The van der Waals surface area contributed by atoms with E-state index in [0.29, 0.717) is 5.56 Å². The van der Waals surface area contributed by atoms with Gasteiger partial charge in [-0.05, 0) is 45.9 Å². The Morgan fingerprint density at radius 1 is 1.38 bits per heavy atom. The first kappa shape index (κ1) is 12.6. The van der Waals surface area contributed by atoms with Gasteiger partial charge in [0.25, 0.3) is 0 Å². The molecule has 3 heteroatoms. The second-order valence-corrected chi connectivity index (χ2v) is 4.77. The van der Waals surface area contributed by atoms with E-state index < -0.39 is 5.97 Å². The van der Waals surface area contributed by atoms with Crippen molar-refractivity contribution in [1.29, 1.82) is 0 Å². The van der Waals surface area contributed by atoms with Crippen molar-refractivity contribution < 1.29 is 9.90 Å². The Hall–Kier alpha value is -1.51. The van der Waals surface area contributed by atoms with Crippen LogP contribution in [-0.4, -0.2) is 23.2 Å². The van der Waals surface area contributed by atoms with Crippen LogP contribution in [0.5, 0.6) is 0 Å². The summed E-state index contributed by atoms with van der Waals surface area (Å²) in [5, 5.41) is 8.95. The minimum atomic E-state index is -0.883. The van der Waals surface area contributed by atoms with Gasteiger partial charge in [-0.15, -0.1) is 0 Å². The van der Waals surface area contributed by atoms with E-state index in [4.69, 9.17) is 5.11 Å². The van der Waals surface area contributed by atoms with Gasteiger partial charge in [0.15, 0.2) is 0 Å². The van der Waals surface area contributed by atoms with Crippen LogP contribution >= 0.6 is 0 Å². The Morgan fingerprint density at radius 3 is 2.44 bits per heavy atom. The molecule has 1 N–H and O–H groups in total. The van der Waals surface area contributed by atoms with Crippen molar-refractivity contribution >= 4 is 11.7 Å². The lowest BCUT2D eigenvalue weighted by Gasteiger charge is -2.37. The van der Waals surface area contributed by atoms with Crippen molar-refractivity contribution in [1.82, 2.24) is 0 Å². The van der Waals surface area contributed by atoms with E-state index in [2.05, 4.69) is 32.6 Å². The quantitative estimate of drug-likeness (QED) is 0.853. The second-order valence-electron chi connectivity index (χ2n) is 4.77. The third-order valence-corrected chi connectivity index (χ3v) is 2.53. The number of carboxylic acid groups (broad SMARTS) is 1. The smallest absolute Gasteiger partial charge is 0.335 e. The number of anilines is 1. The van der Waals surface area contributed by atoms with Crippen LogP contribution in [0.15, 0.2) is 24.3 Å². The molecule has 0 aromatic heterocycles. The first-order valence-corrected chi connectivity index (χ1v) is 5.47. The van der Waals surface area contributed by atoms with Gasteiger partial charge < -0.3 is 10.0 Å². The molecule has 0 amide bonds. The minimum Gasteiger partial charge on any atom is -0.478 e. The van der Waals surface area contributed by atoms with Crippen LogP contribution in [0, 0.1) is 0 Å². The van der Waals surface area contributed by atoms with Crippen molar-refractivity contribution in [3.05, 3.63) is 29.8 Å². The molecule has 88 valence electrons. The number of aromatic carboxylic acids is 1. The minimum absolute atomic E-state index is 0.00806. The number of nitrogens with zero attached hydrogens (tertiary/aromatic N) is 1. The molecule has 0 saturated heterocycles. The zero-order chi connectivity index (χ0) is 12.3. The Balaban J connectivity index is 3.11. The maximum atomic E-state index is 10.9. The van der Waals surface area contributed by atoms with Crippen molar-refractivity contribution in [2.24, 2.45) is 0 Å². The summed E-state index contributed by atoms with van der Waals surface area (Å²) >= 11 is 0. The summed E-state index contributed by atoms with van der Waals surface area (Å²) in [6.07, 6.45) is 0. The molecule has 1 aromatic rings. The third kappa shape index (κ3) is 2.75. The van der Waals surface area contributed by atoms with Gasteiger partial charge in [0, 0.05) is 17.8 Å². The van der Waals surface area contributed by atoms with Crippen LogP contribution in [0.4, 0.5) is 5.69 Å². The lowest BCUT2D eigenvalue weighted by molar-refractivity contribution is 0.0697. The number of hydrogen-bond donors (Lipinski definition) is 1. The number of rotatable bonds is 3. The average molecular weight is 221 g/mol. The highest BCUT2D eigenvalue weighted by atomic mass is 16.4. The van der Waals surface area contributed by atoms with Gasteiger partial charge in [-0.25, -0.2) is 4.79 Å². The molecule has 16 heavy (non-hydrogen) atoms. The summed E-state index contributed by atoms with van der Waals surface area (Å²) < 4.78 is 0. The van der Waals surface area contributed by atoms with Gasteiger partial charge in [-0.1, -0.05) is 6.07 Å². The van der Waals surface area contributed by atoms with E-state index in [1.54, 1.807) is 18.2 Å². The first-order valence-electron chi connectivity index (χ1n) is 5.47. The molecule has 0 aliphatic carbocycles. The van der Waals surface area contributed by atoms with Crippen LogP contribution in [0.2, 0.25) is 0 Å². The standard InChI is InChI=1S/C13H19NO2/c1-5-14(13(2,3)4)11-8-6-7-10(9-11)12(15)16/h6-9H,5H2,1-4H3,(H,15,16). The normalized spacial score (nSPS) is 11.2. The molecule has 0 atom stereocenters. The molecule has 3 nitrogen and oxygen atoms in total. The van der Waals surface area contributed by atoms with Crippen LogP contribution in [0.25, 0.3) is 0 Å². The fourth-order valence-corrected chi connectivity index (χ4v) is 1.85. The van der Waals surface area contributed by atoms with E-state index in [0.717, 1.165) is 12.2 Å². The predicted octanol–water partition coefficient (Wildman–Crippen LogP) is 3.01. The van der Waals surface area contributed by atoms with Crippen molar-refractivity contribution in [2.75, 3.05) is 11.4 Å². The van der Waals surface area contributed by atoms with Crippen molar-refractivity contribution in [3.63, 3.8) is 0 Å².